The lowest BCUT2D eigenvalue weighted by Crippen LogP contribution is -1.99. The summed E-state index contributed by atoms with van der Waals surface area (Å²) < 4.78 is 0. The molecule has 3 N–H and O–H groups in total. The van der Waals surface area contributed by atoms with Crippen LogP contribution in [0.1, 0.15) is 11.1 Å². The van der Waals surface area contributed by atoms with Gasteiger partial charge in [0.05, 0.1) is 11.3 Å². The van der Waals surface area contributed by atoms with E-state index in [1.807, 2.05) is 12.1 Å². The molecule has 3 nitrogen and oxygen atoms in total. The Morgan fingerprint density at radius 3 is 2.83 bits per heavy atom. The Balaban J connectivity index is 3.07. The molecular weight excluding hydrogens is 152 g/mol. The predicted molar refractivity (Wildman–Crippen MR) is 46.4 cm³/mol. The molecule has 0 radical (unpaired) electrons. The summed E-state index contributed by atoms with van der Waals surface area (Å²) in [7, 11) is 0. The lowest BCUT2D eigenvalue weighted by Gasteiger charge is -2.03. The number of nitrogens with two attached hydrogens (primary N) is 1. The van der Waals surface area contributed by atoms with Crippen LogP contribution in [-0.4, -0.2) is 11.7 Å². The molecule has 1 aromatic rings. The first-order valence-electron chi connectivity index (χ1n) is 3.68. The van der Waals surface area contributed by atoms with E-state index >= 15 is 0 Å². The van der Waals surface area contributed by atoms with Gasteiger partial charge in [-0.15, -0.1) is 0 Å². The summed E-state index contributed by atoms with van der Waals surface area (Å²) in [6.45, 7) is 0.0546. The molecule has 0 heterocycles. The second-order valence-electron chi connectivity index (χ2n) is 2.46. The van der Waals surface area contributed by atoms with Crippen molar-refractivity contribution in [3.63, 3.8) is 0 Å². The van der Waals surface area contributed by atoms with E-state index in [0.29, 0.717) is 17.7 Å². The molecule has 0 aromatic heterocycles. The Kier molecular flexibility index (Phi) is 2.67. The Morgan fingerprint density at radius 1 is 1.50 bits per heavy atom. The highest BCUT2D eigenvalue weighted by Gasteiger charge is 2.02. The Labute approximate surface area is 71.1 Å². The third-order valence-corrected chi connectivity index (χ3v) is 1.70. The quantitative estimate of drug-likeness (QED) is 0.628. The van der Waals surface area contributed by atoms with Crippen molar-refractivity contribution in [2.24, 2.45) is 0 Å². The first-order chi connectivity index (χ1) is 5.79. The van der Waals surface area contributed by atoms with Crippen molar-refractivity contribution in [3.05, 3.63) is 29.3 Å². The van der Waals surface area contributed by atoms with Gasteiger partial charge in [-0.3, -0.25) is 0 Å². The van der Waals surface area contributed by atoms with Gasteiger partial charge in [0, 0.05) is 6.61 Å². The number of aliphatic hydroxyl groups is 1. The summed E-state index contributed by atoms with van der Waals surface area (Å²) in [5, 5.41) is 17.3. The average molecular weight is 162 g/mol. The molecule has 0 aliphatic heterocycles. The maximum Gasteiger partial charge on any atom is 0.101 e. The van der Waals surface area contributed by atoms with Gasteiger partial charge in [0.2, 0.25) is 0 Å². The van der Waals surface area contributed by atoms with Crippen molar-refractivity contribution in [3.8, 4) is 6.07 Å². The SMILES string of the molecule is N#Cc1cccc(CCO)c1N. The van der Waals surface area contributed by atoms with Gasteiger partial charge in [-0.2, -0.15) is 5.26 Å². The normalized spacial score (nSPS) is 9.33. The number of aliphatic hydroxyl groups excluding tert-OH is 1. The molecule has 3 heteroatoms. The zero-order valence-corrected chi connectivity index (χ0v) is 6.62. The molecule has 1 rings (SSSR count). The van der Waals surface area contributed by atoms with Crippen molar-refractivity contribution in [1.82, 2.24) is 0 Å². The molecule has 0 aliphatic rings. The van der Waals surface area contributed by atoms with Crippen LogP contribution in [0.2, 0.25) is 0 Å². The van der Waals surface area contributed by atoms with Gasteiger partial charge < -0.3 is 10.8 Å². The van der Waals surface area contributed by atoms with Gasteiger partial charge >= 0.3 is 0 Å². The largest absolute Gasteiger partial charge is 0.397 e. The van der Waals surface area contributed by atoms with E-state index in [-0.39, 0.29) is 6.61 Å². The number of benzene rings is 1. The Morgan fingerprint density at radius 2 is 2.25 bits per heavy atom. The smallest absolute Gasteiger partial charge is 0.101 e. The average Bonchev–Trinajstić information content (AvgIpc) is 2.09. The van der Waals surface area contributed by atoms with Crippen molar-refractivity contribution in [2.45, 2.75) is 6.42 Å². The molecule has 0 atom stereocenters. The Bertz CT molecular complexity index is 315. The van der Waals surface area contributed by atoms with Crippen LogP contribution in [0, 0.1) is 11.3 Å². The fourth-order valence-electron chi connectivity index (χ4n) is 1.05. The number of hydrogen-bond donors (Lipinski definition) is 2. The summed E-state index contributed by atoms with van der Waals surface area (Å²) in [5.41, 5.74) is 7.43. The van der Waals surface area contributed by atoms with Gasteiger partial charge in [0.15, 0.2) is 0 Å². The van der Waals surface area contributed by atoms with Crippen LogP contribution in [-0.2, 0) is 6.42 Å². The fraction of sp³-hybridized carbons (Fsp3) is 0.222. The zero-order chi connectivity index (χ0) is 8.97. The summed E-state index contributed by atoms with van der Waals surface area (Å²) in [5.74, 6) is 0. The number of para-hydroxylation sites is 1. The van der Waals surface area contributed by atoms with Gasteiger partial charge in [-0.25, -0.2) is 0 Å². The first-order valence-corrected chi connectivity index (χ1v) is 3.68. The van der Waals surface area contributed by atoms with Crippen molar-refractivity contribution in [2.75, 3.05) is 12.3 Å². The van der Waals surface area contributed by atoms with Gasteiger partial charge in [-0.05, 0) is 18.1 Å². The minimum atomic E-state index is 0.0546. The van der Waals surface area contributed by atoms with E-state index in [1.165, 1.54) is 0 Å². The maximum absolute atomic E-state index is 8.67. The predicted octanol–water partition coefficient (Wildman–Crippen LogP) is 0.675. The summed E-state index contributed by atoms with van der Waals surface area (Å²) in [4.78, 5) is 0. The van der Waals surface area contributed by atoms with E-state index < -0.39 is 0 Å². The van der Waals surface area contributed by atoms with Crippen LogP contribution in [0.3, 0.4) is 0 Å². The lowest BCUT2D eigenvalue weighted by molar-refractivity contribution is 0.300. The van der Waals surface area contributed by atoms with Gasteiger partial charge in [0.1, 0.15) is 6.07 Å². The molecule has 0 bridgehead atoms. The van der Waals surface area contributed by atoms with Crippen LogP contribution >= 0.6 is 0 Å². The first kappa shape index (κ1) is 8.57. The molecule has 0 unspecified atom stereocenters. The summed E-state index contributed by atoms with van der Waals surface area (Å²) >= 11 is 0. The molecule has 0 saturated carbocycles. The van der Waals surface area contributed by atoms with Crippen molar-refractivity contribution < 1.29 is 5.11 Å². The number of rotatable bonds is 2. The number of anilines is 1. The fourth-order valence-corrected chi connectivity index (χ4v) is 1.05. The summed E-state index contributed by atoms with van der Waals surface area (Å²) in [6.07, 6.45) is 0.501. The molecule has 62 valence electrons. The van der Waals surface area contributed by atoms with Crippen LogP contribution in [0.4, 0.5) is 5.69 Å². The zero-order valence-electron chi connectivity index (χ0n) is 6.62. The van der Waals surface area contributed by atoms with E-state index in [1.54, 1.807) is 12.1 Å². The van der Waals surface area contributed by atoms with Crippen LogP contribution < -0.4 is 5.73 Å². The van der Waals surface area contributed by atoms with E-state index in [9.17, 15) is 0 Å². The molecule has 0 saturated heterocycles. The molecule has 0 aliphatic carbocycles. The molecule has 12 heavy (non-hydrogen) atoms. The van der Waals surface area contributed by atoms with Gasteiger partial charge in [0.25, 0.3) is 0 Å². The molecule has 0 amide bonds. The molecular formula is C9H10N2O. The van der Waals surface area contributed by atoms with E-state index in [2.05, 4.69) is 0 Å². The maximum atomic E-state index is 8.67. The minimum absolute atomic E-state index is 0.0546. The van der Waals surface area contributed by atoms with Crippen LogP contribution in [0.5, 0.6) is 0 Å². The summed E-state index contributed by atoms with van der Waals surface area (Å²) in [6, 6.07) is 7.23. The van der Waals surface area contributed by atoms with E-state index in [0.717, 1.165) is 5.56 Å². The number of nitrogens with zero attached hydrogens (tertiary/aromatic N) is 1. The second kappa shape index (κ2) is 3.74. The van der Waals surface area contributed by atoms with Crippen molar-refractivity contribution >= 4 is 5.69 Å². The van der Waals surface area contributed by atoms with Gasteiger partial charge in [-0.1, -0.05) is 12.1 Å². The highest BCUT2D eigenvalue weighted by Crippen LogP contribution is 2.16. The number of hydrogen-bond acceptors (Lipinski definition) is 3. The number of nitrogen functional groups attached to an aromatic ring is 1. The van der Waals surface area contributed by atoms with Crippen molar-refractivity contribution in [1.29, 1.82) is 5.26 Å². The third kappa shape index (κ3) is 1.55. The number of nitriles is 1. The highest BCUT2D eigenvalue weighted by atomic mass is 16.2. The second-order valence-corrected chi connectivity index (χ2v) is 2.46. The van der Waals surface area contributed by atoms with Crippen LogP contribution in [0.15, 0.2) is 18.2 Å². The topological polar surface area (TPSA) is 70.0 Å². The molecule has 1 aromatic carbocycles. The lowest BCUT2D eigenvalue weighted by atomic mass is 10.1. The monoisotopic (exact) mass is 162 g/mol. The third-order valence-electron chi connectivity index (χ3n) is 1.70. The molecule has 0 spiro atoms. The van der Waals surface area contributed by atoms with Crippen LogP contribution in [0.25, 0.3) is 0 Å². The standard InChI is InChI=1S/C9H10N2O/c10-6-8-3-1-2-7(4-5-12)9(8)11/h1-3,12H,4-5,11H2. The van der Waals surface area contributed by atoms with E-state index in [4.69, 9.17) is 16.1 Å². The highest BCUT2D eigenvalue weighted by molar-refractivity contribution is 5.59. The Hall–Kier alpha value is -1.53. The minimum Gasteiger partial charge on any atom is -0.397 e. The molecule has 0 fully saturated rings.